The van der Waals surface area contributed by atoms with Gasteiger partial charge in [0.15, 0.2) is 11.6 Å². The van der Waals surface area contributed by atoms with Gasteiger partial charge in [-0.25, -0.2) is 8.78 Å². The fourth-order valence-electron chi connectivity index (χ4n) is 5.29. The minimum absolute atomic E-state index is 0.0340. The third-order valence-corrected chi connectivity index (χ3v) is 8.29. The average Bonchev–Trinajstić information content (AvgIpc) is 3.27. The second-order valence-corrected chi connectivity index (χ2v) is 12.4. The maximum Gasteiger partial charge on any atom is 0.315 e. The lowest BCUT2D eigenvalue weighted by Crippen LogP contribution is -2.34. The number of nitrogens with one attached hydrogen (secondary N) is 1. The molecule has 2 aromatic carbocycles. The van der Waals surface area contributed by atoms with Gasteiger partial charge in [0, 0.05) is 59.7 Å². The number of hydrogen-bond acceptors (Lipinski definition) is 10. The van der Waals surface area contributed by atoms with Crippen LogP contribution in [0.15, 0.2) is 134 Å². The number of nitrogens with two attached hydrogens (primary N) is 1. The number of amides is 3. The van der Waals surface area contributed by atoms with E-state index in [1.165, 1.54) is 89.3 Å². The first-order valence-electron chi connectivity index (χ1n) is 17.6. The van der Waals surface area contributed by atoms with Gasteiger partial charge in [0.1, 0.15) is 11.6 Å². The third kappa shape index (κ3) is 12.0. The molecule has 13 nitrogen and oxygen atoms in total. The number of benzene rings is 2. The molecule has 6 aromatic rings. The second kappa shape index (κ2) is 20.6. The number of anilines is 2. The normalized spacial score (nSPS) is 10.5. The van der Waals surface area contributed by atoms with Crippen LogP contribution in [0.4, 0.5) is 28.9 Å². The van der Waals surface area contributed by atoms with Crippen molar-refractivity contribution in [3.63, 3.8) is 0 Å². The first kappa shape index (κ1) is 42.6. The highest BCUT2D eigenvalue weighted by Crippen LogP contribution is 2.22. The Morgan fingerprint density at radius 3 is 1.44 bits per heavy atom. The lowest BCUT2D eigenvalue weighted by Gasteiger charge is -2.22. The van der Waals surface area contributed by atoms with Crippen molar-refractivity contribution < 1.29 is 41.5 Å². The Hall–Kier alpha value is -7.53. The zero-order valence-corrected chi connectivity index (χ0v) is 30.9. The van der Waals surface area contributed by atoms with E-state index in [1.807, 2.05) is 5.32 Å². The largest absolute Gasteiger partial charge is 0.344 e. The number of alkyl halides is 2. The lowest BCUT2D eigenvalue weighted by atomic mass is 10.1. The summed E-state index contributed by atoms with van der Waals surface area (Å²) < 4.78 is 51.9. The van der Waals surface area contributed by atoms with Gasteiger partial charge in [-0.2, -0.15) is 8.78 Å². The topological polar surface area (TPSA) is 181 Å². The van der Waals surface area contributed by atoms with Gasteiger partial charge < -0.3 is 20.9 Å². The summed E-state index contributed by atoms with van der Waals surface area (Å²) >= 11 is 0. The van der Waals surface area contributed by atoms with Crippen molar-refractivity contribution in [1.82, 2.24) is 25.3 Å². The molecule has 0 aliphatic carbocycles. The number of carbonyl (C=O) groups is 5. The number of carbonyl (C=O) groups excluding carboxylic acids is 5. The highest BCUT2D eigenvalue weighted by molar-refractivity contribution is 6.06. The van der Waals surface area contributed by atoms with E-state index in [4.69, 9.17) is 5.73 Å². The van der Waals surface area contributed by atoms with Gasteiger partial charge in [0.2, 0.25) is 0 Å². The van der Waals surface area contributed by atoms with Gasteiger partial charge >= 0.3 is 6.43 Å². The van der Waals surface area contributed by atoms with Gasteiger partial charge in [-0.3, -0.25) is 43.9 Å². The molecule has 0 aliphatic rings. The van der Waals surface area contributed by atoms with E-state index in [-0.39, 0.29) is 36.9 Å². The van der Waals surface area contributed by atoms with E-state index in [1.54, 1.807) is 54.7 Å². The zero-order chi connectivity index (χ0) is 42.3. The molecule has 3 N–H and O–H groups in total. The van der Waals surface area contributed by atoms with E-state index in [9.17, 15) is 41.5 Å². The average molecular weight is 807 g/mol. The van der Waals surface area contributed by atoms with Crippen molar-refractivity contribution >= 4 is 40.7 Å². The van der Waals surface area contributed by atoms with Crippen molar-refractivity contribution in [2.75, 3.05) is 22.9 Å². The number of hydrogen-bond donors (Lipinski definition) is 2. The summed E-state index contributed by atoms with van der Waals surface area (Å²) in [4.78, 5) is 79.5. The molecule has 0 spiro atoms. The van der Waals surface area contributed by atoms with E-state index in [0.29, 0.717) is 39.5 Å². The summed E-state index contributed by atoms with van der Waals surface area (Å²) in [7, 11) is 0. The van der Waals surface area contributed by atoms with Gasteiger partial charge in [-0.05, 0) is 84.9 Å². The summed E-state index contributed by atoms with van der Waals surface area (Å²) in [5.74, 6) is -4.10. The van der Waals surface area contributed by atoms with E-state index in [0.717, 1.165) is 0 Å². The predicted molar refractivity (Wildman–Crippen MR) is 208 cm³/mol. The molecule has 0 atom stereocenters. The van der Waals surface area contributed by atoms with Crippen LogP contribution in [0, 0.1) is 11.6 Å². The number of rotatable bonds is 14. The number of ketones is 2. The van der Waals surface area contributed by atoms with Crippen molar-refractivity contribution in [1.29, 1.82) is 0 Å². The molecule has 0 fully saturated rings. The van der Waals surface area contributed by atoms with Gasteiger partial charge in [-0.15, -0.1) is 0 Å². The van der Waals surface area contributed by atoms with Crippen molar-refractivity contribution in [3.05, 3.63) is 180 Å². The quantitative estimate of drug-likeness (QED) is 0.103. The molecular weight excluding hydrogens is 773 g/mol. The van der Waals surface area contributed by atoms with Crippen LogP contribution in [-0.4, -0.2) is 68.7 Å². The summed E-state index contributed by atoms with van der Waals surface area (Å²) in [6.45, 7) is -0.628. The summed E-state index contributed by atoms with van der Waals surface area (Å²) in [5.41, 5.74) is 8.14. The van der Waals surface area contributed by atoms with E-state index in [2.05, 4.69) is 19.9 Å². The van der Waals surface area contributed by atoms with Crippen LogP contribution in [0.2, 0.25) is 0 Å². The zero-order valence-electron chi connectivity index (χ0n) is 30.9. The maximum absolute atomic E-state index is 13.8. The molecule has 6 rings (SSSR count). The maximum atomic E-state index is 13.8. The minimum Gasteiger partial charge on any atom is -0.344 e. The Balaban J connectivity index is 0.000000227. The fraction of sp³-hybridized carbons (Fsp3) is 0.119. The molecule has 0 unspecified atom stereocenters. The Bertz CT molecular complexity index is 2390. The molecule has 0 saturated carbocycles. The molecule has 4 aromatic heterocycles. The van der Waals surface area contributed by atoms with Crippen LogP contribution < -0.4 is 20.9 Å². The monoisotopic (exact) mass is 806 g/mol. The number of halogens is 4. The highest BCUT2D eigenvalue weighted by Gasteiger charge is 2.22. The Morgan fingerprint density at radius 2 is 1.07 bits per heavy atom. The Labute approximate surface area is 334 Å². The van der Waals surface area contributed by atoms with Crippen molar-refractivity contribution in [2.45, 2.75) is 19.5 Å². The first-order chi connectivity index (χ1) is 28.4. The smallest absolute Gasteiger partial charge is 0.315 e. The lowest BCUT2D eigenvalue weighted by molar-refractivity contribution is -0.131. The predicted octanol–water partition coefficient (Wildman–Crippen LogP) is 5.63. The number of Topliss-reactive ketones (excluding diaryl/α,β-unsaturated/α-hetero) is 2. The summed E-state index contributed by atoms with van der Waals surface area (Å²) in [5, 5.41) is 1.83. The summed E-state index contributed by atoms with van der Waals surface area (Å²) in [6, 6.07) is 23.9. The first-order valence-corrected chi connectivity index (χ1v) is 17.6. The number of pyridine rings is 4. The molecular formula is C42H34F4N8O5. The molecule has 4 heterocycles. The molecule has 0 bridgehead atoms. The molecule has 3 amide bonds. The van der Waals surface area contributed by atoms with Crippen LogP contribution in [0.3, 0.4) is 0 Å². The molecule has 0 aliphatic heterocycles. The second-order valence-electron chi connectivity index (χ2n) is 12.4. The summed E-state index contributed by atoms with van der Waals surface area (Å²) in [6.07, 6.45) is 5.34. The Morgan fingerprint density at radius 1 is 0.593 bits per heavy atom. The number of aromatic nitrogens is 4. The third-order valence-electron chi connectivity index (χ3n) is 8.29. The van der Waals surface area contributed by atoms with Crippen LogP contribution in [0.5, 0.6) is 0 Å². The fourth-order valence-corrected chi connectivity index (χ4v) is 5.29. The van der Waals surface area contributed by atoms with E-state index >= 15 is 0 Å². The molecule has 300 valence electrons. The van der Waals surface area contributed by atoms with Gasteiger partial charge in [0.05, 0.1) is 48.7 Å². The van der Waals surface area contributed by atoms with Crippen molar-refractivity contribution in [2.24, 2.45) is 5.73 Å². The van der Waals surface area contributed by atoms with Crippen LogP contribution in [-0.2, 0) is 17.9 Å². The van der Waals surface area contributed by atoms with Crippen LogP contribution in [0.1, 0.15) is 52.8 Å². The number of nitrogens with zero attached hydrogens (tertiary/aromatic N) is 6. The SMILES string of the molecule is NCC(=O)c1ccc(CN(C(=O)c2cccnc2)c2cccc(F)c2)nc1.O=C(CNC(=O)C(F)F)c1ccc(CN(C(=O)c2cccnc2)c2cccc(F)c2)nc1. The molecule has 59 heavy (non-hydrogen) atoms. The minimum atomic E-state index is -3.21. The molecule has 17 heteroatoms. The van der Waals surface area contributed by atoms with Gasteiger partial charge in [0.25, 0.3) is 17.7 Å². The van der Waals surface area contributed by atoms with E-state index < -0.39 is 42.2 Å². The molecule has 0 radical (unpaired) electrons. The van der Waals surface area contributed by atoms with Gasteiger partial charge in [-0.1, -0.05) is 12.1 Å². The van der Waals surface area contributed by atoms with Crippen LogP contribution >= 0.6 is 0 Å². The Kier molecular flexibility index (Phi) is 14.9. The highest BCUT2D eigenvalue weighted by atomic mass is 19.3. The molecule has 0 saturated heterocycles. The standard InChI is InChI=1S/C22H17F3N4O3.C20H17FN4O2/c23-16-4-1-5-18(9-16)29(22(32)15-3-2-8-26-10-15)13-17-7-6-14(11-27-17)19(30)12-28-21(31)20(24)25;21-16-4-1-5-18(9-16)25(20(27)15-3-2-8-23-11-15)13-17-7-6-14(12-24-17)19(26)10-22/h1-11,20H,12-13H2,(H,28,31);1-9,11-12H,10,13,22H2. The van der Waals surface area contributed by atoms with Crippen LogP contribution in [0.25, 0.3) is 0 Å². The van der Waals surface area contributed by atoms with Crippen molar-refractivity contribution in [3.8, 4) is 0 Å².